The van der Waals surface area contributed by atoms with Crippen LogP contribution in [0.3, 0.4) is 0 Å². The normalized spacial score (nSPS) is 16.4. The molecular weight excluding hydrogens is 248 g/mol. The first-order chi connectivity index (χ1) is 9.78. The van der Waals surface area contributed by atoms with Crippen molar-refractivity contribution in [2.75, 3.05) is 32.1 Å². The van der Waals surface area contributed by atoms with Crippen LogP contribution >= 0.6 is 0 Å². The lowest BCUT2D eigenvalue weighted by molar-refractivity contribution is 0.179. The maximum absolute atomic E-state index is 5.37. The Hall–Kier alpha value is -1.06. The number of benzene rings is 1. The lowest BCUT2D eigenvalue weighted by atomic mass is 10.1. The van der Waals surface area contributed by atoms with Crippen LogP contribution in [0, 0.1) is 5.92 Å². The number of hydrogen-bond donors (Lipinski definition) is 1. The molecule has 1 saturated carbocycles. The number of anilines is 1. The minimum atomic E-state index is 0.456. The van der Waals surface area contributed by atoms with Crippen molar-refractivity contribution in [1.82, 2.24) is 4.90 Å². The summed E-state index contributed by atoms with van der Waals surface area (Å²) in [5, 5.41) is 3.71. The van der Waals surface area contributed by atoms with Gasteiger partial charge in [-0.2, -0.15) is 0 Å². The standard InChI is InChI=1S/C17H28N2O/c1-4-19(5-2)12-15-8-6-7-9-16(15)18-17(13-20-3)14-10-11-14/h6-9,14,17-18H,4-5,10-13H2,1-3H3. The first kappa shape index (κ1) is 15.3. The number of nitrogens with zero attached hydrogens (tertiary/aromatic N) is 1. The molecule has 3 nitrogen and oxygen atoms in total. The topological polar surface area (TPSA) is 24.5 Å². The molecule has 0 heterocycles. The highest BCUT2D eigenvalue weighted by Gasteiger charge is 2.31. The number of hydrogen-bond acceptors (Lipinski definition) is 3. The number of rotatable bonds is 9. The van der Waals surface area contributed by atoms with Crippen molar-refractivity contribution in [1.29, 1.82) is 0 Å². The average molecular weight is 276 g/mol. The summed E-state index contributed by atoms with van der Waals surface area (Å²) in [7, 11) is 1.79. The van der Waals surface area contributed by atoms with Gasteiger partial charge in [0.05, 0.1) is 12.6 Å². The number of nitrogens with one attached hydrogen (secondary N) is 1. The Bertz CT molecular complexity index is 400. The highest BCUT2D eigenvalue weighted by molar-refractivity contribution is 5.52. The monoisotopic (exact) mass is 276 g/mol. The van der Waals surface area contributed by atoms with Gasteiger partial charge in [0.1, 0.15) is 0 Å². The lowest BCUT2D eigenvalue weighted by Gasteiger charge is -2.24. The zero-order valence-corrected chi connectivity index (χ0v) is 13.1. The van der Waals surface area contributed by atoms with Crippen LogP contribution in [-0.4, -0.2) is 37.7 Å². The molecule has 1 aromatic rings. The summed E-state index contributed by atoms with van der Waals surface area (Å²) in [5.41, 5.74) is 2.66. The van der Waals surface area contributed by atoms with Crippen molar-refractivity contribution in [2.24, 2.45) is 5.92 Å². The summed E-state index contributed by atoms with van der Waals surface area (Å²) < 4.78 is 5.37. The average Bonchev–Trinajstić information content (AvgIpc) is 3.30. The minimum absolute atomic E-state index is 0.456. The summed E-state index contributed by atoms with van der Waals surface area (Å²) in [4.78, 5) is 2.45. The van der Waals surface area contributed by atoms with Crippen molar-refractivity contribution in [2.45, 2.75) is 39.3 Å². The van der Waals surface area contributed by atoms with Crippen LogP contribution in [0.4, 0.5) is 5.69 Å². The maximum Gasteiger partial charge on any atom is 0.0666 e. The van der Waals surface area contributed by atoms with Crippen molar-refractivity contribution in [3.63, 3.8) is 0 Å². The summed E-state index contributed by atoms with van der Waals surface area (Å²) in [5.74, 6) is 0.788. The van der Waals surface area contributed by atoms with Gasteiger partial charge in [-0.3, -0.25) is 4.90 Å². The molecule has 1 fully saturated rings. The fraction of sp³-hybridized carbons (Fsp3) is 0.647. The van der Waals surface area contributed by atoms with Gasteiger partial charge >= 0.3 is 0 Å². The molecule has 20 heavy (non-hydrogen) atoms. The molecule has 0 spiro atoms. The Morgan fingerprint density at radius 3 is 2.55 bits per heavy atom. The molecule has 112 valence electrons. The Balaban J connectivity index is 2.06. The van der Waals surface area contributed by atoms with Gasteiger partial charge in [0.2, 0.25) is 0 Å². The molecule has 1 aromatic carbocycles. The molecule has 2 rings (SSSR count). The maximum atomic E-state index is 5.37. The second-order valence-electron chi connectivity index (χ2n) is 5.66. The van der Waals surface area contributed by atoms with Gasteiger partial charge in [-0.15, -0.1) is 0 Å². The highest BCUT2D eigenvalue weighted by Crippen LogP contribution is 2.35. The minimum Gasteiger partial charge on any atom is -0.383 e. The van der Waals surface area contributed by atoms with Gasteiger partial charge in [0, 0.05) is 19.3 Å². The van der Waals surface area contributed by atoms with Gasteiger partial charge in [0.15, 0.2) is 0 Å². The fourth-order valence-electron chi connectivity index (χ4n) is 2.66. The quantitative estimate of drug-likeness (QED) is 0.748. The first-order valence-electron chi connectivity index (χ1n) is 7.84. The van der Waals surface area contributed by atoms with E-state index in [1.165, 1.54) is 24.1 Å². The van der Waals surface area contributed by atoms with E-state index in [9.17, 15) is 0 Å². The Morgan fingerprint density at radius 2 is 1.95 bits per heavy atom. The highest BCUT2D eigenvalue weighted by atomic mass is 16.5. The summed E-state index contributed by atoms with van der Waals surface area (Å²) in [6.07, 6.45) is 2.67. The van der Waals surface area contributed by atoms with Gasteiger partial charge in [-0.05, 0) is 43.5 Å². The smallest absolute Gasteiger partial charge is 0.0666 e. The molecule has 0 bridgehead atoms. The number of para-hydroxylation sites is 1. The molecule has 1 atom stereocenters. The largest absolute Gasteiger partial charge is 0.383 e. The van der Waals surface area contributed by atoms with Crippen LogP contribution in [0.1, 0.15) is 32.3 Å². The Morgan fingerprint density at radius 1 is 1.25 bits per heavy atom. The second kappa shape index (κ2) is 7.65. The van der Waals surface area contributed by atoms with E-state index < -0.39 is 0 Å². The number of ether oxygens (including phenoxy) is 1. The molecule has 0 aromatic heterocycles. The third kappa shape index (κ3) is 4.22. The zero-order chi connectivity index (χ0) is 14.4. The van der Waals surface area contributed by atoms with Crippen LogP contribution in [0.25, 0.3) is 0 Å². The molecule has 1 aliphatic carbocycles. The molecule has 1 N–H and O–H groups in total. The predicted octanol–water partition coefficient (Wildman–Crippen LogP) is 3.37. The van der Waals surface area contributed by atoms with Crippen LogP contribution in [0.2, 0.25) is 0 Å². The molecule has 0 radical (unpaired) electrons. The van der Waals surface area contributed by atoms with Crippen LogP contribution in [-0.2, 0) is 11.3 Å². The third-order valence-electron chi connectivity index (χ3n) is 4.18. The zero-order valence-electron chi connectivity index (χ0n) is 13.1. The van der Waals surface area contributed by atoms with Crippen molar-refractivity contribution in [3.8, 4) is 0 Å². The van der Waals surface area contributed by atoms with Gasteiger partial charge < -0.3 is 10.1 Å². The van der Waals surface area contributed by atoms with E-state index >= 15 is 0 Å². The molecule has 3 heteroatoms. The Kier molecular flexibility index (Phi) is 5.86. The van der Waals surface area contributed by atoms with Gasteiger partial charge in [-0.25, -0.2) is 0 Å². The van der Waals surface area contributed by atoms with E-state index in [2.05, 4.69) is 48.3 Å². The van der Waals surface area contributed by atoms with E-state index in [1.807, 2.05) is 0 Å². The van der Waals surface area contributed by atoms with E-state index in [0.717, 1.165) is 32.2 Å². The van der Waals surface area contributed by atoms with E-state index in [1.54, 1.807) is 7.11 Å². The van der Waals surface area contributed by atoms with Crippen LogP contribution < -0.4 is 5.32 Å². The molecule has 1 unspecified atom stereocenters. The fourth-order valence-corrected chi connectivity index (χ4v) is 2.66. The number of methoxy groups -OCH3 is 1. The SMILES string of the molecule is CCN(CC)Cc1ccccc1NC(COC)C1CC1. The summed E-state index contributed by atoms with van der Waals surface area (Å²) in [6, 6.07) is 9.14. The van der Waals surface area contributed by atoms with Crippen molar-refractivity contribution >= 4 is 5.69 Å². The van der Waals surface area contributed by atoms with E-state index in [4.69, 9.17) is 4.74 Å². The Labute approximate surface area is 123 Å². The molecule has 0 saturated heterocycles. The third-order valence-corrected chi connectivity index (χ3v) is 4.18. The van der Waals surface area contributed by atoms with Crippen LogP contribution in [0.5, 0.6) is 0 Å². The predicted molar refractivity (Wildman–Crippen MR) is 85.1 cm³/mol. The molecular formula is C17H28N2O. The summed E-state index contributed by atoms with van der Waals surface area (Å²) in [6.45, 7) is 8.43. The molecule has 1 aliphatic rings. The van der Waals surface area contributed by atoms with Crippen LogP contribution in [0.15, 0.2) is 24.3 Å². The molecule has 0 amide bonds. The second-order valence-corrected chi connectivity index (χ2v) is 5.66. The van der Waals surface area contributed by atoms with Crippen molar-refractivity contribution in [3.05, 3.63) is 29.8 Å². The lowest BCUT2D eigenvalue weighted by Crippen LogP contribution is -2.29. The first-order valence-corrected chi connectivity index (χ1v) is 7.84. The van der Waals surface area contributed by atoms with Gasteiger partial charge in [0.25, 0.3) is 0 Å². The van der Waals surface area contributed by atoms with E-state index in [-0.39, 0.29) is 0 Å². The van der Waals surface area contributed by atoms with Crippen molar-refractivity contribution < 1.29 is 4.74 Å². The molecule has 0 aliphatic heterocycles. The summed E-state index contributed by atoms with van der Waals surface area (Å²) >= 11 is 0. The van der Waals surface area contributed by atoms with E-state index in [0.29, 0.717) is 6.04 Å². The van der Waals surface area contributed by atoms with Gasteiger partial charge in [-0.1, -0.05) is 32.0 Å².